The molecule has 8 heteroatoms. The fourth-order valence-electron chi connectivity index (χ4n) is 1.66. The second-order valence-corrected chi connectivity index (χ2v) is 5.46. The highest BCUT2D eigenvalue weighted by atomic mass is 16.6. The molecule has 0 aliphatic heterocycles. The van der Waals surface area contributed by atoms with E-state index in [1.165, 1.54) is 26.8 Å². The first-order chi connectivity index (χ1) is 12.0. The third-order valence-electron chi connectivity index (χ3n) is 3.12. The fourth-order valence-corrected chi connectivity index (χ4v) is 1.66. The number of carbonyl (C=O) groups is 4. The number of nitrogens with one attached hydrogen (secondary N) is 1. The summed E-state index contributed by atoms with van der Waals surface area (Å²) in [6, 6.07) is 0. The number of ether oxygens (including phenoxy) is 2. The van der Waals surface area contributed by atoms with Gasteiger partial charge in [0.15, 0.2) is 6.10 Å². The van der Waals surface area contributed by atoms with Gasteiger partial charge in [-0.25, -0.2) is 14.4 Å². The summed E-state index contributed by atoms with van der Waals surface area (Å²) in [4.78, 5) is 46.3. The first kappa shape index (κ1) is 22.8. The molecule has 0 spiro atoms. The Bertz CT molecular complexity index is 673. The Kier molecular flexibility index (Phi) is 9.36. The van der Waals surface area contributed by atoms with Crippen molar-refractivity contribution >= 4 is 23.9 Å². The fraction of sp³-hybridized carbons (Fsp3) is 0.333. The Morgan fingerprint density at radius 2 is 1.69 bits per heavy atom. The average molecular weight is 365 g/mol. The molecule has 1 atom stereocenters. The summed E-state index contributed by atoms with van der Waals surface area (Å²) >= 11 is 0. The molecule has 0 heterocycles. The van der Waals surface area contributed by atoms with Crippen LogP contribution < -0.4 is 5.32 Å². The molecule has 142 valence electrons. The quantitative estimate of drug-likeness (QED) is 0.365. The molecule has 0 aromatic carbocycles. The second kappa shape index (κ2) is 10.7. The first-order valence-electron chi connectivity index (χ1n) is 7.55. The molecule has 0 radical (unpaired) electrons. The Hall–Kier alpha value is -3.16. The molecular formula is C18H23NO7. The van der Waals surface area contributed by atoms with E-state index in [1.807, 2.05) is 5.32 Å². The van der Waals surface area contributed by atoms with Crippen LogP contribution >= 0.6 is 0 Å². The summed E-state index contributed by atoms with van der Waals surface area (Å²) in [7, 11) is 0. The van der Waals surface area contributed by atoms with Gasteiger partial charge in [-0.1, -0.05) is 19.2 Å². The molecule has 0 aliphatic rings. The lowest BCUT2D eigenvalue weighted by Gasteiger charge is -2.21. The van der Waals surface area contributed by atoms with Gasteiger partial charge in [-0.2, -0.15) is 0 Å². The maximum atomic E-state index is 11.9. The summed E-state index contributed by atoms with van der Waals surface area (Å²) in [6.45, 7) is 14.0. The second-order valence-electron chi connectivity index (χ2n) is 5.46. The number of amides is 2. The van der Waals surface area contributed by atoms with Crippen LogP contribution in [0.15, 0.2) is 48.1 Å². The van der Waals surface area contributed by atoms with Crippen LogP contribution in [0.5, 0.6) is 0 Å². The summed E-state index contributed by atoms with van der Waals surface area (Å²) < 4.78 is 10.1. The largest absolute Gasteiger partial charge is 0.478 e. The van der Waals surface area contributed by atoms with Crippen molar-refractivity contribution < 1.29 is 33.8 Å². The molecule has 2 N–H and O–H groups in total. The van der Waals surface area contributed by atoms with Gasteiger partial charge in [-0.15, -0.1) is 6.58 Å². The zero-order chi connectivity index (χ0) is 20.4. The molecule has 0 aliphatic carbocycles. The predicted molar refractivity (Wildman–Crippen MR) is 94.1 cm³/mol. The van der Waals surface area contributed by atoms with Crippen molar-refractivity contribution in [3.05, 3.63) is 48.1 Å². The van der Waals surface area contributed by atoms with Gasteiger partial charge in [0.25, 0.3) is 5.91 Å². The van der Waals surface area contributed by atoms with Crippen LogP contribution in [0.4, 0.5) is 4.79 Å². The standard InChI is InChI=1S/C18H23NO7/c1-7-8-13(12(6)16(21)22)14(9-25-17(23)11(4)5)26-18(24)19-15(20)10(2)3/h7,14H,1-2,4,8-9H2,3,5-6H3,(H,21,22)(H,19,20,24). The number of aliphatic carboxylic acids is 1. The number of carbonyl (C=O) groups excluding carboxylic acids is 3. The van der Waals surface area contributed by atoms with E-state index in [-0.39, 0.29) is 28.7 Å². The highest BCUT2D eigenvalue weighted by molar-refractivity contribution is 6.01. The van der Waals surface area contributed by atoms with Crippen LogP contribution in [0.2, 0.25) is 0 Å². The van der Waals surface area contributed by atoms with Crippen molar-refractivity contribution in [2.45, 2.75) is 33.3 Å². The Morgan fingerprint density at radius 3 is 2.12 bits per heavy atom. The van der Waals surface area contributed by atoms with Crippen LogP contribution in [0.25, 0.3) is 0 Å². The number of carboxylic acid groups (broad SMARTS) is 1. The molecule has 0 saturated carbocycles. The van der Waals surface area contributed by atoms with Gasteiger partial charge in [0.05, 0.1) is 0 Å². The van der Waals surface area contributed by atoms with Crippen molar-refractivity contribution in [1.29, 1.82) is 0 Å². The molecule has 26 heavy (non-hydrogen) atoms. The summed E-state index contributed by atoms with van der Waals surface area (Å²) in [5.41, 5.74) is 0.269. The molecule has 0 saturated heterocycles. The van der Waals surface area contributed by atoms with E-state index in [2.05, 4.69) is 19.7 Å². The predicted octanol–water partition coefficient (Wildman–Crippen LogP) is 2.28. The van der Waals surface area contributed by atoms with E-state index < -0.39 is 36.6 Å². The highest BCUT2D eigenvalue weighted by Crippen LogP contribution is 2.19. The van der Waals surface area contributed by atoms with Crippen LogP contribution in [0, 0.1) is 0 Å². The summed E-state index contributed by atoms with van der Waals surface area (Å²) in [6.07, 6.45) is -0.885. The lowest BCUT2D eigenvalue weighted by atomic mass is 10.0. The van der Waals surface area contributed by atoms with Crippen molar-refractivity contribution in [2.75, 3.05) is 6.61 Å². The van der Waals surface area contributed by atoms with E-state index in [0.29, 0.717) is 0 Å². The van der Waals surface area contributed by atoms with Gasteiger partial charge in [-0.3, -0.25) is 10.1 Å². The topological polar surface area (TPSA) is 119 Å². The number of carboxylic acids is 1. The molecular weight excluding hydrogens is 342 g/mol. The molecule has 0 aromatic heterocycles. The van der Waals surface area contributed by atoms with Crippen molar-refractivity contribution in [2.24, 2.45) is 0 Å². The van der Waals surface area contributed by atoms with Crippen molar-refractivity contribution in [3.8, 4) is 0 Å². The van der Waals surface area contributed by atoms with Gasteiger partial charge >= 0.3 is 18.0 Å². The molecule has 0 aromatic rings. The van der Waals surface area contributed by atoms with Gasteiger partial charge in [0.2, 0.25) is 0 Å². The van der Waals surface area contributed by atoms with Crippen LogP contribution in [-0.2, 0) is 23.9 Å². The Labute approximate surface area is 151 Å². The maximum absolute atomic E-state index is 11.9. The lowest BCUT2D eigenvalue weighted by Crippen LogP contribution is -2.37. The summed E-state index contributed by atoms with van der Waals surface area (Å²) in [5, 5.41) is 11.1. The number of imide groups is 1. The number of alkyl carbamates (subject to hydrolysis) is 1. The van der Waals surface area contributed by atoms with Crippen molar-refractivity contribution in [1.82, 2.24) is 5.32 Å². The highest BCUT2D eigenvalue weighted by Gasteiger charge is 2.25. The van der Waals surface area contributed by atoms with Gasteiger partial charge < -0.3 is 14.6 Å². The minimum atomic E-state index is -1.24. The molecule has 8 nitrogen and oxygen atoms in total. The molecule has 0 rings (SSSR count). The van der Waals surface area contributed by atoms with E-state index in [0.717, 1.165) is 0 Å². The molecule has 2 amide bonds. The SMILES string of the molecule is C=CCC(=C(C)C(=O)O)C(COC(=O)C(=C)C)OC(=O)NC(=O)C(=C)C. The summed E-state index contributed by atoms with van der Waals surface area (Å²) in [5.74, 6) is -2.72. The van der Waals surface area contributed by atoms with Gasteiger partial charge in [0, 0.05) is 16.7 Å². The van der Waals surface area contributed by atoms with E-state index in [1.54, 1.807) is 0 Å². The third-order valence-corrected chi connectivity index (χ3v) is 3.12. The maximum Gasteiger partial charge on any atom is 0.414 e. The average Bonchev–Trinajstić information content (AvgIpc) is 2.55. The number of hydrogen-bond donors (Lipinski definition) is 2. The van der Waals surface area contributed by atoms with Crippen LogP contribution in [0.3, 0.4) is 0 Å². The zero-order valence-corrected chi connectivity index (χ0v) is 15.1. The van der Waals surface area contributed by atoms with Gasteiger partial charge in [0.1, 0.15) is 6.61 Å². The van der Waals surface area contributed by atoms with Crippen molar-refractivity contribution in [3.63, 3.8) is 0 Å². The van der Waals surface area contributed by atoms with Gasteiger partial charge in [-0.05, 0) is 32.8 Å². The molecule has 0 fully saturated rings. The lowest BCUT2D eigenvalue weighted by molar-refractivity contribution is -0.141. The van der Waals surface area contributed by atoms with E-state index in [4.69, 9.17) is 9.47 Å². The van der Waals surface area contributed by atoms with E-state index >= 15 is 0 Å². The van der Waals surface area contributed by atoms with E-state index in [9.17, 15) is 24.3 Å². The van der Waals surface area contributed by atoms with Crippen LogP contribution in [-0.4, -0.2) is 41.8 Å². The Balaban J connectivity index is 5.57. The Morgan fingerprint density at radius 1 is 1.12 bits per heavy atom. The smallest absolute Gasteiger partial charge is 0.414 e. The minimum absolute atomic E-state index is 0.0646. The molecule has 0 bridgehead atoms. The number of allylic oxidation sites excluding steroid dienone is 1. The zero-order valence-electron chi connectivity index (χ0n) is 15.1. The molecule has 1 unspecified atom stereocenters. The first-order valence-corrected chi connectivity index (χ1v) is 7.55. The monoisotopic (exact) mass is 365 g/mol. The number of rotatable bonds is 9. The number of hydrogen-bond acceptors (Lipinski definition) is 6. The third kappa shape index (κ3) is 7.61. The number of esters is 1. The normalized spacial score (nSPS) is 12.1. The minimum Gasteiger partial charge on any atom is -0.478 e. The van der Waals surface area contributed by atoms with Crippen LogP contribution in [0.1, 0.15) is 27.2 Å².